The van der Waals surface area contributed by atoms with Gasteiger partial charge in [-0.2, -0.15) is 0 Å². The third-order valence-electron chi connectivity index (χ3n) is 5.33. The first kappa shape index (κ1) is 17.2. The summed E-state index contributed by atoms with van der Waals surface area (Å²) in [5.41, 5.74) is -0.0269. The summed E-state index contributed by atoms with van der Waals surface area (Å²) in [6.07, 6.45) is 5.90. The van der Waals surface area contributed by atoms with Gasteiger partial charge in [0.05, 0.1) is 6.61 Å². The van der Waals surface area contributed by atoms with Crippen LogP contribution in [0, 0.1) is 0 Å². The number of piperazine rings is 1. The van der Waals surface area contributed by atoms with Gasteiger partial charge in [0.1, 0.15) is 0 Å². The van der Waals surface area contributed by atoms with Crippen LogP contribution in [-0.4, -0.2) is 71.9 Å². The van der Waals surface area contributed by atoms with Crippen LogP contribution in [0.1, 0.15) is 52.9 Å². The molecule has 21 heavy (non-hydrogen) atoms. The molecular weight excluding hydrogens is 262 g/mol. The first-order valence-electron chi connectivity index (χ1n) is 8.93. The van der Waals surface area contributed by atoms with Crippen LogP contribution in [-0.2, 0) is 0 Å². The summed E-state index contributed by atoms with van der Waals surface area (Å²) in [6.45, 7) is 13.0. The summed E-state index contributed by atoms with van der Waals surface area (Å²) in [4.78, 5) is 5.16. The van der Waals surface area contributed by atoms with E-state index in [-0.39, 0.29) is 12.1 Å². The highest BCUT2D eigenvalue weighted by atomic mass is 16.3. The van der Waals surface area contributed by atoms with Gasteiger partial charge in [0, 0.05) is 43.8 Å². The molecule has 2 fully saturated rings. The third-order valence-corrected chi connectivity index (χ3v) is 5.33. The van der Waals surface area contributed by atoms with E-state index in [1.165, 1.54) is 52.0 Å². The third kappa shape index (κ3) is 5.20. The van der Waals surface area contributed by atoms with Gasteiger partial charge in [-0.05, 0) is 52.5 Å². The minimum Gasteiger partial charge on any atom is -0.394 e. The summed E-state index contributed by atoms with van der Waals surface area (Å²) >= 11 is 0. The number of nitrogens with zero attached hydrogens (tertiary/aromatic N) is 2. The summed E-state index contributed by atoms with van der Waals surface area (Å²) < 4.78 is 0. The van der Waals surface area contributed by atoms with E-state index < -0.39 is 0 Å². The molecule has 0 aromatic heterocycles. The normalized spacial score (nSPS) is 24.4. The van der Waals surface area contributed by atoms with Crippen molar-refractivity contribution >= 4 is 0 Å². The molecule has 1 atom stereocenters. The predicted octanol–water partition coefficient (Wildman–Crippen LogP) is 1.69. The lowest BCUT2D eigenvalue weighted by Gasteiger charge is -2.38. The minimum absolute atomic E-state index is 0.0269. The molecule has 1 unspecified atom stereocenters. The fraction of sp³-hybridized carbons (Fsp3) is 1.00. The van der Waals surface area contributed by atoms with Crippen LogP contribution in [0.4, 0.5) is 0 Å². The molecule has 0 aromatic rings. The summed E-state index contributed by atoms with van der Waals surface area (Å²) in [5.74, 6) is 0. The average molecular weight is 297 g/mol. The predicted molar refractivity (Wildman–Crippen MR) is 88.6 cm³/mol. The molecule has 4 heteroatoms. The highest BCUT2D eigenvalue weighted by Gasteiger charge is 2.34. The lowest BCUT2D eigenvalue weighted by Crippen LogP contribution is -2.51. The van der Waals surface area contributed by atoms with Crippen molar-refractivity contribution < 1.29 is 5.11 Å². The number of nitrogens with one attached hydrogen (secondary N) is 1. The monoisotopic (exact) mass is 297 g/mol. The molecule has 2 N–H and O–H groups in total. The van der Waals surface area contributed by atoms with Crippen molar-refractivity contribution in [3.63, 3.8) is 0 Å². The summed E-state index contributed by atoms with van der Waals surface area (Å²) in [5, 5.41) is 13.5. The molecule has 4 nitrogen and oxygen atoms in total. The van der Waals surface area contributed by atoms with Crippen molar-refractivity contribution in [2.45, 2.75) is 70.5 Å². The molecule has 2 rings (SSSR count). The van der Waals surface area contributed by atoms with Crippen LogP contribution < -0.4 is 5.32 Å². The van der Waals surface area contributed by atoms with Gasteiger partial charge < -0.3 is 15.3 Å². The van der Waals surface area contributed by atoms with Crippen LogP contribution in [0.5, 0.6) is 0 Å². The molecule has 2 aliphatic rings. The van der Waals surface area contributed by atoms with Crippen molar-refractivity contribution in [1.29, 1.82) is 0 Å². The van der Waals surface area contributed by atoms with Gasteiger partial charge >= 0.3 is 0 Å². The fourth-order valence-corrected chi connectivity index (χ4v) is 3.39. The Kier molecular flexibility index (Phi) is 6.48. The molecule has 0 amide bonds. The lowest BCUT2D eigenvalue weighted by atomic mass is 9.91. The molecule has 0 bridgehead atoms. The van der Waals surface area contributed by atoms with E-state index in [0.29, 0.717) is 12.1 Å². The van der Waals surface area contributed by atoms with Crippen LogP contribution in [0.15, 0.2) is 0 Å². The van der Waals surface area contributed by atoms with E-state index in [9.17, 15) is 5.11 Å². The van der Waals surface area contributed by atoms with Gasteiger partial charge in [0.15, 0.2) is 0 Å². The Bertz CT molecular complexity index is 292. The first-order valence-corrected chi connectivity index (χ1v) is 8.93. The standard InChI is InChI=1S/C17H35N3O/c1-4-17(14-21,18-16-6-7-16)8-5-9-19-10-12-20(13-11-19)15(2)3/h15-16,18,21H,4-14H2,1-3H3. The van der Waals surface area contributed by atoms with Crippen molar-refractivity contribution in [3.8, 4) is 0 Å². The van der Waals surface area contributed by atoms with E-state index in [1.54, 1.807) is 0 Å². The molecule has 0 radical (unpaired) electrons. The lowest BCUT2D eigenvalue weighted by molar-refractivity contribution is 0.0983. The molecule has 1 aliphatic heterocycles. The molecule has 1 heterocycles. The van der Waals surface area contributed by atoms with Gasteiger partial charge in [-0.3, -0.25) is 4.90 Å². The van der Waals surface area contributed by atoms with Crippen molar-refractivity contribution in [2.24, 2.45) is 0 Å². The van der Waals surface area contributed by atoms with Gasteiger partial charge in [0.2, 0.25) is 0 Å². The van der Waals surface area contributed by atoms with E-state index in [1.807, 2.05) is 0 Å². The molecule has 1 aliphatic carbocycles. The van der Waals surface area contributed by atoms with E-state index in [4.69, 9.17) is 0 Å². The SMILES string of the molecule is CCC(CO)(CCCN1CCN(C(C)C)CC1)NC1CC1. The minimum atomic E-state index is -0.0269. The van der Waals surface area contributed by atoms with Crippen LogP contribution in [0.3, 0.4) is 0 Å². The first-order chi connectivity index (χ1) is 10.1. The molecule has 124 valence electrons. The van der Waals surface area contributed by atoms with Gasteiger partial charge in [-0.15, -0.1) is 0 Å². The summed E-state index contributed by atoms with van der Waals surface area (Å²) in [7, 11) is 0. The van der Waals surface area contributed by atoms with E-state index in [0.717, 1.165) is 12.8 Å². The molecular formula is C17H35N3O. The zero-order valence-electron chi connectivity index (χ0n) is 14.3. The Morgan fingerprint density at radius 2 is 1.86 bits per heavy atom. The van der Waals surface area contributed by atoms with E-state index in [2.05, 4.69) is 35.9 Å². The Morgan fingerprint density at radius 3 is 2.33 bits per heavy atom. The fourth-order valence-electron chi connectivity index (χ4n) is 3.39. The highest BCUT2D eigenvalue weighted by molar-refractivity contribution is 4.94. The van der Waals surface area contributed by atoms with Gasteiger partial charge in [-0.25, -0.2) is 0 Å². The van der Waals surface area contributed by atoms with Crippen LogP contribution >= 0.6 is 0 Å². The zero-order chi connectivity index (χ0) is 15.3. The Hall–Kier alpha value is -0.160. The highest BCUT2D eigenvalue weighted by Crippen LogP contribution is 2.27. The second kappa shape index (κ2) is 7.91. The number of hydrogen-bond donors (Lipinski definition) is 2. The number of aliphatic hydroxyl groups is 1. The van der Waals surface area contributed by atoms with Gasteiger partial charge in [0.25, 0.3) is 0 Å². The molecule has 0 spiro atoms. The topological polar surface area (TPSA) is 38.7 Å². The smallest absolute Gasteiger partial charge is 0.0613 e. The summed E-state index contributed by atoms with van der Waals surface area (Å²) in [6, 6.07) is 1.35. The zero-order valence-corrected chi connectivity index (χ0v) is 14.3. The number of aliphatic hydroxyl groups excluding tert-OH is 1. The van der Waals surface area contributed by atoms with Crippen LogP contribution in [0.25, 0.3) is 0 Å². The quantitative estimate of drug-likeness (QED) is 0.679. The molecule has 0 aromatic carbocycles. The maximum Gasteiger partial charge on any atom is 0.0613 e. The maximum atomic E-state index is 9.80. The Labute approximate surface area is 130 Å². The average Bonchev–Trinajstić information content (AvgIpc) is 3.30. The van der Waals surface area contributed by atoms with Gasteiger partial charge in [-0.1, -0.05) is 6.92 Å². The Morgan fingerprint density at radius 1 is 1.19 bits per heavy atom. The number of rotatable bonds is 9. The second-order valence-corrected chi connectivity index (χ2v) is 7.29. The number of hydrogen-bond acceptors (Lipinski definition) is 4. The molecule has 1 saturated carbocycles. The van der Waals surface area contributed by atoms with Crippen LogP contribution in [0.2, 0.25) is 0 Å². The molecule has 1 saturated heterocycles. The largest absolute Gasteiger partial charge is 0.394 e. The van der Waals surface area contributed by atoms with Crippen molar-refractivity contribution in [3.05, 3.63) is 0 Å². The Balaban J connectivity index is 1.68. The maximum absolute atomic E-state index is 9.80. The van der Waals surface area contributed by atoms with Crippen molar-refractivity contribution in [1.82, 2.24) is 15.1 Å². The van der Waals surface area contributed by atoms with Crippen molar-refractivity contribution in [2.75, 3.05) is 39.3 Å². The second-order valence-electron chi connectivity index (χ2n) is 7.29. The van der Waals surface area contributed by atoms with E-state index >= 15 is 0 Å².